The number of guanidine groups is 1. The standard InChI is InChI=1S/C22H34ClN5O/c1-2-24-22(25-11-7-9-19-8-3-4-10-20(19)23)28-16-14-26(15-17-28)18-21(29)27-12-5-6-13-27/h3-4,8,10H,2,5-7,9,11-18H2,1H3,(H,24,25). The fourth-order valence-corrected chi connectivity index (χ4v) is 4.19. The first-order valence-electron chi connectivity index (χ1n) is 10.9. The van der Waals surface area contributed by atoms with Gasteiger partial charge in [-0.25, -0.2) is 0 Å². The summed E-state index contributed by atoms with van der Waals surface area (Å²) in [6.45, 7) is 9.79. The molecule has 1 aromatic carbocycles. The Morgan fingerprint density at radius 3 is 2.48 bits per heavy atom. The van der Waals surface area contributed by atoms with Crippen molar-refractivity contribution in [1.29, 1.82) is 0 Å². The van der Waals surface area contributed by atoms with Gasteiger partial charge in [0, 0.05) is 57.4 Å². The quantitative estimate of drug-likeness (QED) is 0.419. The number of aryl methyl sites for hydroxylation is 1. The molecule has 1 aromatic rings. The monoisotopic (exact) mass is 419 g/mol. The molecule has 2 aliphatic heterocycles. The Morgan fingerprint density at radius 2 is 1.79 bits per heavy atom. The molecule has 0 atom stereocenters. The van der Waals surface area contributed by atoms with E-state index in [1.165, 1.54) is 5.56 Å². The van der Waals surface area contributed by atoms with Gasteiger partial charge in [-0.15, -0.1) is 0 Å². The van der Waals surface area contributed by atoms with Crippen molar-refractivity contribution in [3.05, 3.63) is 34.9 Å². The average Bonchev–Trinajstić information content (AvgIpc) is 3.27. The molecule has 0 aromatic heterocycles. The number of nitrogens with one attached hydrogen (secondary N) is 1. The van der Waals surface area contributed by atoms with Gasteiger partial charge in [0.1, 0.15) is 0 Å². The van der Waals surface area contributed by atoms with Crippen molar-refractivity contribution < 1.29 is 4.79 Å². The van der Waals surface area contributed by atoms with Crippen molar-refractivity contribution in [1.82, 2.24) is 20.0 Å². The second-order valence-electron chi connectivity index (χ2n) is 7.78. The molecular weight excluding hydrogens is 386 g/mol. The molecule has 29 heavy (non-hydrogen) atoms. The molecule has 0 unspecified atom stereocenters. The van der Waals surface area contributed by atoms with E-state index in [2.05, 4.69) is 28.1 Å². The first kappa shape index (κ1) is 21.9. The minimum atomic E-state index is 0.288. The van der Waals surface area contributed by atoms with Crippen LogP contribution < -0.4 is 5.32 Å². The van der Waals surface area contributed by atoms with E-state index < -0.39 is 0 Å². The van der Waals surface area contributed by atoms with Gasteiger partial charge < -0.3 is 15.1 Å². The normalized spacial score (nSPS) is 18.3. The molecule has 0 aliphatic carbocycles. The van der Waals surface area contributed by atoms with Crippen LogP contribution in [0.4, 0.5) is 0 Å². The highest BCUT2D eigenvalue weighted by atomic mass is 35.5. The Morgan fingerprint density at radius 1 is 1.07 bits per heavy atom. The molecule has 0 radical (unpaired) electrons. The summed E-state index contributed by atoms with van der Waals surface area (Å²) in [6, 6.07) is 8.02. The highest BCUT2D eigenvalue weighted by molar-refractivity contribution is 6.31. The first-order valence-corrected chi connectivity index (χ1v) is 11.3. The summed E-state index contributed by atoms with van der Waals surface area (Å²) >= 11 is 6.24. The Hall–Kier alpha value is -1.79. The molecule has 2 heterocycles. The Kier molecular flexibility index (Phi) is 8.62. The number of benzene rings is 1. The van der Waals surface area contributed by atoms with Crippen LogP contribution >= 0.6 is 11.6 Å². The number of carbonyl (C=O) groups is 1. The van der Waals surface area contributed by atoms with Gasteiger partial charge in [-0.2, -0.15) is 0 Å². The van der Waals surface area contributed by atoms with Crippen LogP contribution in [0.15, 0.2) is 29.3 Å². The minimum Gasteiger partial charge on any atom is -0.357 e. The van der Waals surface area contributed by atoms with E-state index in [9.17, 15) is 4.79 Å². The third kappa shape index (κ3) is 6.61. The van der Waals surface area contributed by atoms with Crippen LogP contribution in [0.5, 0.6) is 0 Å². The molecule has 160 valence electrons. The number of piperazine rings is 1. The Balaban J connectivity index is 1.43. The van der Waals surface area contributed by atoms with Crippen LogP contribution in [0.2, 0.25) is 5.02 Å². The van der Waals surface area contributed by atoms with Crippen molar-refractivity contribution >= 4 is 23.5 Å². The second-order valence-corrected chi connectivity index (χ2v) is 8.19. The summed E-state index contributed by atoms with van der Waals surface area (Å²) in [5.41, 5.74) is 1.19. The summed E-state index contributed by atoms with van der Waals surface area (Å²) < 4.78 is 0. The molecular formula is C22H34ClN5O. The fourth-order valence-electron chi connectivity index (χ4n) is 3.96. The van der Waals surface area contributed by atoms with Crippen LogP contribution in [0, 0.1) is 0 Å². The number of amides is 1. The fraction of sp³-hybridized carbons (Fsp3) is 0.636. The van der Waals surface area contributed by atoms with E-state index >= 15 is 0 Å². The molecule has 0 spiro atoms. The van der Waals surface area contributed by atoms with Crippen molar-refractivity contribution in [2.75, 3.05) is 58.9 Å². The van der Waals surface area contributed by atoms with Crippen molar-refractivity contribution in [3.63, 3.8) is 0 Å². The third-order valence-corrected chi connectivity index (χ3v) is 6.02. The maximum atomic E-state index is 12.4. The molecule has 2 aliphatic rings. The maximum absolute atomic E-state index is 12.4. The van der Waals surface area contributed by atoms with E-state index in [1.807, 2.05) is 23.1 Å². The number of aliphatic imine (C=N–C) groups is 1. The van der Waals surface area contributed by atoms with Gasteiger partial charge in [-0.3, -0.25) is 14.7 Å². The number of likely N-dealkylation sites (tertiary alicyclic amines) is 1. The number of hydrogen-bond donors (Lipinski definition) is 1. The lowest BCUT2D eigenvalue weighted by atomic mass is 10.1. The lowest BCUT2D eigenvalue weighted by Crippen LogP contribution is -2.54. The van der Waals surface area contributed by atoms with Gasteiger partial charge >= 0.3 is 0 Å². The van der Waals surface area contributed by atoms with E-state index in [4.69, 9.17) is 16.6 Å². The zero-order chi connectivity index (χ0) is 20.5. The van der Waals surface area contributed by atoms with Crippen LogP contribution in [0.3, 0.4) is 0 Å². The topological polar surface area (TPSA) is 51.2 Å². The SMILES string of the molecule is CCNC(=NCCCc1ccccc1Cl)N1CCN(CC(=O)N2CCCC2)CC1. The Bertz CT molecular complexity index is 682. The molecule has 2 saturated heterocycles. The molecule has 2 fully saturated rings. The van der Waals surface area contributed by atoms with E-state index in [1.54, 1.807) is 0 Å². The zero-order valence-corrected chi connectivity index (χ0v) is 18.3. The first-order chi connectivity index (χ1) is 14.2. The van der Waals surface area contributed by atoms with Crippen LogP contribution in [-0.2, 0) is 11.2 Å². The smallest absolute Gasteiger partial charge is 0.236 e. The van der Waals surface area contributed by atoms with E-state index in [0.29, 0.717) is 6.54 Å². The highest BCUT2D eigenvalue weighted by Crippen LogP contribution is 2.16. The van der Waals surface area contributed by atoms with Crippen LogP contribution in [0.1, 0.15) is 31.7 Å². The van der Waals surface area contributed by atoms with Gasteiger partial charge in [0.15, 0.2) is 5.96 Å². The van der Waals surface area contributed by atoms with Crippen molar-refractivity contribution in [3.8, 4) is 0 Å². The predicted octanol–water partition coefficient (Wildman–Crippen LogP) is 2.48. The van der Waals surface area contributed by atoms with Crippen molar-refractivity contribution in [2.45, 2.75) is 32.6 Å². The van der Waals surface area contributed by atoms with Crippen LogP contribution in [-0.4, -0.2) is 85.5 Å². The van der Waals surface area contributed by atoms with Gasteiger partial charge in [0.2, 0.25) is 5.91 Å². The number of halogens is 1. The summed E-state index contributed by atoms with van der Waals surface area (Å²) in [6.07, 6.45) is 4.22. The lowest BCUT2D eigenvalue weighted by molar-refractivity contribution is -0.131. The van der Waals surface area contributed by atoms with E-state index in [0.717, 1.165) is 89.0 Å². The summed E-state index contributed by atoms with van der Waals surface area (Å²) in [5, 5.41) is 4.26. The number of nitrogens with zero attached hydrogens (tertiary/aromatic N) is 4. The van der Waals surface area contributed by atoms with Gasteiger partial charge in [-0.1, -0.05) is 29.8 Å². The van der Waals surface area contributed by atoms with Gasteiger partial charge in [0.25, 0.3) is 0 Å². The number of hydrogen-bond acceptors (Lipinski definition) is 3. The number of carbonyl (C=O) groups excluding carboxylic acids is 1. The molecule has 6 nitrogen and oxygen atoms in total. The summed E-state index contributed by atoms with van der Waals surface area (Å²) in [5.74, 6) is 1.27. The summed E-state index contributed by atoms with van der Waals surface area (Å²) in [7, 11) is 0. The average molecular weight is 420 g/mol. The number of rotatable bonds is 7. The minimum absolute atomic E-state index is 0.288. The largest absolute Gasteiger partial charge is 0.357 e. The predicted molar refractivity (Wildman–Crippen MR) is 120 cm³/mol. The molecule has 1 amide bonds. The van der Waals surface area contributed by atoms with Crippen molar-refractivity contribution in [2.24, 2.45) is 4.99 Å². The van der Waals surface area contributed by atoms with Crippen LogP contribution in [0.25, 0.3) is 0 Å². The molecule has 7 heteroatoms. The molecule has 0 bridgehead atoms. The van der Waals surface area contributed by atoms with Gasteiger partial charge in [-0.05, 0) is 44.2 Å². The summed E-state index contributed by atoms with van der Waals surface area (Å²) in [4.78, 5) is 23.8. The second kappa shape index (κ2) is 11.4. The molecule has 1 N–H and O–H groups in total. The molecule has 3 rings (SSSR count). The third-order valence-electron chi connectivity index (χ3n) is 5.65. The maximum Gasteiger partial charge on any atom is 0.236 e. The highest BCUT2D eigenvalue weighted by Gasteiger charge is 2.24. The molecule has 0 saturated carbocycles. The zero-order valence-electron chi connectivity index (χ0n) is 17.6. The Labute approximate surface area is 179 Å². The van der Waals surface area contributed by atoms with E-state index in [-0.39, 0.29) is 5.91 Å². The van der Waals surface area contributed by atoms with Gasteiger partial charge in [0.05, 0.1) is 6.54 Å². The lowest BCUT2D eigenvalue weighted by Gasteiger charge is -2.36.